The molecule has 0 unspecified atom stereocenters. The Labute approximate surface area is 110 Å². The van der Waals surface area contributed by atoms with Crippen LogP contribution < -0.4 is 5.48 Å². The van der Waals surface area contributed by atoms with E-state index in [0.717, 1.165) is 17.5 Å². The van der Waals surface area contributed by atoms with E-state index >= 15 is 0 Å². The third-order valence-electron chi connectivity index (χ3n) is 3.06. The fraction of sp³-hybridized carbons (Fsp3) is 0.0769. The van der Waals surface area contributed by atoms with Crippen LogP contribution >= 0.6 is 0 Å². The summed E-state index contributed by atoms with van der Waals surface area (Å²) in [6.45, 7) is 0. The van der Waals surface area contributed by atoms with E-state index < -0.39 is 10.4 Å². The van der Waals surface area contributed by atoms with Crippen molar-refractivity contribution in [2.24, 2.45) is 0 Å². The number of anilines is 1. The number of fused-ring (bicyclic) bond motifs is 3. The SMILES string of the molecule is O=S(=O)(O)ONc1ccc2c(c1)Cc1ccccc1-2. The van der Waals surface area contributed by atoms with E-state index in [0.29, 0.717) is 5.69 Å². The predicted octanol–water partition coefficient (Wildman–Crippen LogP) is 2.40. The summed E-state index contributed by atoms with van der Waals surface area (Å²) in [5.74, 6) is 0. The fourth-order valence-corrected chi connectivity index (χ4v) is 2.51. The van der Waals surface area contributed by atoms with Gasteiger partial charge in [0, 0.05) is 0 Å². The smallest absolute Gasteiger partial charge is 0.262 e. The molecule has 2 N–H and O–H groups in total. The number of benzene rings is 2. The Morgan fingerprint density at radius 1 is 1.05 bits per heavy atom. The molecule has 98 valence electrons. The van der Waals surface area contributed by atoms with Crippen LogP contribution in [0.15, 0.2) is 42.5 Å². The van der Waals surface area contributed by atoms with Gasteiger partial charge in [0.1, 0.15) is 0 Å². The minimum absolute atomic E-state index is 0.476. The van der Waals surface area contributed by atoms with Gasteiger partial charge in [0.15, 0.2) is 0 Å². The molecule has 0 spiro atoms. The second kappa shape index (κ2) is 4.34. The van der Waals surface area contributed by atoms with Crippen molar-refractivity contribution < 1.29 is 17.3 Å². The molecule has 6 heteroatoms. The minimum atomic E-state index is -4.50. The molecule has 5 nitrogen and oxygen atoms in total. The summed E-state index contributed by atoms with van der Waals surface area (Å²) in [6, 6.07) is 13.5. The summed E-state index contributed by atoms with van der Waals surface area (Å²) in [6.07, 6.45) is 0.799. The van der Waals surface area contributed by atoms with Gasteiger partial charge in [-0.2, -0.15) is 8.42 Å². The van der Waals surface area contributed by atoms with Crippen LogP contribution in [0.5, 0.6) is 0 Å². The van der Waals surface area contributed by atoms with Gasteiger partial charge in [-0.1, -0.05) is 30.3 Å². The van der Waals surface area contributed by atoms with Crippen LogP contribution in [0.1, 0.15) is 11.1 Å². The summed E-state index contributed by atoms with van der Waals surface area (Å²) in [5.41, 5.74) is 7.33. The van der Waals surface area contributed by atoms with Gasteiger partial charge in [-0.15, -0.1) is 4.28 Å². The fourth-order valence-electron chi connectivity index (χ4n) is 2.31. The summed E-state index contributed by atoms with van der Waals surface area (Å²) >= 11 is 0. The molecule has 0 atom stereocenters. The highest BCUT2D eigenvalue weighted by molar-refractivity contribution is 7.80. The molecule has 0 heterocycles. The zero-order valence-electron chi connectivity index (χ0n) is 9.83. The first-order valence-corrected chi connectivity index (χ1v) is 7.02. The van der Waals surface area contributed by atoms with Crippen LogP contribution in [0, 0.1) is 0 Å². The van der Waals surface area contributed by atoms with Gasteiger partial charge in [0.25, 0.3) is 0 Å². The van der Waals surface area contributed by atoms with Crippen LogP contribution in [0.25, 0.3) is 11.1 Å². The largest absolute Gasteiger partial charge is 0.418 e. The summed E-state index contributed by atoms with van der Waals surface area (Å²) in [7, 11) is -4.50. The van der Waals surface area contributed by atoms with Gasteiger partial charge in [-0.3, -0.25) is 4.55 Å². The van der Waals surface area contributed by atoms with Crippen molar-refractivity contribution in [2.45, 2.75) is 6.42 Å². The Kier molecular flexibility index (Phi) is 2.78. The van der Waals surface area contributed by atoms with Gasteiger partial charge in [0.05, 0.1) is 5.69 Å². The van der Waals surface area contributed by atoms with Gasteiger partial charge in [-0.25, -0.2) is 5.48 Å². The average Bonchev–Trinajstić information content (AvgIpc) is 2.73. The highest BCUT2D eigenvalue weighted by atomic mass is 32.3. The van der Waals surface area contributed by atoms with E-state index in [1.165, 1.54) is 11.1 Å². The van der Waals surface area contributed by atoms with E-state index in [1.54, 1.807) is 12.1 Å². The van der Waals surface area contributed by atoms with E-state index in [1.807, 2.05) is 18.2 Å². The highest BCUT2D eigenvalue weighted by Gasteiger charge is 2.18. The molecule has 0 saturated carbocycles. The molecule has 0 radical (unpaired) electrons. The molecule has 0 aliphatic heterocycles. The molecule has 0 amide bonds. The first-order valence-electron chi connectivity index (χ1n) is 5.66. The number of nitrogens with one attached hydrogen (secondary N) is 1. The molecule has 2 aromatic carbocycles. The molecule has 2 aromatic rings. The van der Waals surface area contributed by atoms with Gasteiger partial charge >= 0.3 is 10.4 Å². The topological polar surface area (TPSA) is 75.6 Å². The van der Waals surface area contributed by atoms with Gasteiger partial charge < -0.3 is 0 Å². The molecule has 0 bridgehead atoms. The van der Waals surface area contributed by atoms with Gasteiger partial charge in [0.2, 0.25) is 0 Å². The Hall–Kier alpha value is -1.89. The minimum Gasteiger partial charge on any atom is -0.262 e. The summed E-state index contributed by atoms with van der Waals surface area (Å²) in [5, 5.41) is 0. The highest BCUT2D eigenvalue weighted by Crippen LogP contribution is 2.37. The Bertz CT molecular complexity index is 740. The van der Waals surface area contributed by atoms with E-state index in [9.17, 15) is 8.42 Å². The molecule has 0 aromatic heterocycles. The maximum Gasteiger partial charge on any atom is 0.418 e. The number of hydrogen-bond acceptors (Lipinski definition) is 4. The number of rotatable bonds is 3. The molecule has 19 heavy (non-hydrogen) atoms. The average molecular weight is 277 g/mol. The van der Waals surface area contributed by atoms with Crippen LogP contribution in [0.4, 0.5) is 5.69 Å². The predicted molar refractivity (Wildman–Crippen MR) is 70.9 cm³/mol. The number of hydrogen-bond donors (Lipinski definition) is 2. The lowest BCUT2D eigenvalue weighted by atomic mass is 10.1. The lowest BCUT2D eigenvalue weighted by molar-refractivity contribution is 0.320. The Morgan fingerprint density at radius 3 is 2.58 bits per heavy atom. The van der Waals surface area contributed by atoms with Crippen molar-refractivity contribution in [3.8, 4) is 11.1 Å². The van der Waals surface area contributed by atoms with E-state index in [4.69, 9.17) is 4.55 Å². The van der Waals surface area contributed by atoms with Crippen molar-refractivity contribution in [3.63, 3.8) is 0 Å². The first kappa shape index (κ1) is 12.2. The first-order chi connectivity index (χ1) is 9.03. The Morgan fingerprint density at radius 2 is 1.79 bits per heavy atom. The molecular formula is C13H11NO4S. The van der Waals surface area contributed by atoms with Crippen molar-refractivity contribution in [1.29, 1.82) is 0 Å². The zero-order valence-corrected chi connectivity index (χ0v) is 10.6. The van der Waals surface area contributed by atoms with Crippen molar-refractivity contribution in [1.82, 2.24) is 0 Å². The standard InChI is InChI=1S/C13H11NO4S/c15-19(16,17)18-14-11-5-6-13-10(8-11)7-9-3-1-2-4-12(9)13/h1-6,8,14H,7H2,(H,15,16,17). The second-order valence-electron chi connectivity index (χ2n) is 4.32. The summed E-state index contributed by atoms with van der Waals surface area (Å²) < 4.78 is 33.6. The monoisotopic (exact) mass is 277 g/mol. The van der Waals surface area contributed by atoms with Crippen LogP contribution in [0.3, 0.4) is 0 Å². The zero-order chi connectivity index (χ0) is 13.5. The Balaban J connectivity index is 1.89. The lowest BCUT2D eigenvalue weighted by Gasteiger charge is -2.06. The lowest BCUT2D eigenvalue weighted by Crippen LogP contribution is -2.09. The molecule has 3 rings (SSSR count). The third kappa shape index (κ3) is 2.46. The molecule has 1 aliphatic carbocycles. The van der Waals surface area contributed by atoms with E-state index in [2.05, 4.69) is 21.9 Å². The van der Waals surface area contributed by atoms with E-state index in [-0.39, 0.29) is 0 Å². The van der Waals surface area contributed by atoms with Crippen molar-refractivity contribution >= 4 is 16.1 Å². The maximum atomic E-state index is 10.5. The molecule has 1 aliphatic rings. The molecule has 0 fully saturated rings. The quantitative estimate of drug-likeness (QED) is 0.568. The van der Waals surface area contributed by atoms with Crippen molar-refractivity contribution in [2.75, 3.05) is 5.48 Å². The van der Waals surface area contributed by atoms with Crippen molar-refractivity contribution in [3.05, 3.63) is 53.6 Å². The summed E-state index contributed by atoms with van der Waals surface area (Å²) in [4.78, 5) is 0. The third-order valence-corrected chi connectivity index (χ3v) is 3.35. The molecule has 0 saturated heterocycles. The van der Waals surface area contributed by atoms with Crippen LogP contribution in [-0.2, 0) is 21.1 Å². The molecular weight excluding hydrogens is 266 g/mol. The second-order valence-corrected chi connectivity index (χ2v) is 5.34. The van der Waals surface area contributed by atoms with Gasteiger partial charge in [-0.05, 0) is 40.8 Å². The normalized spacial score (nSPS) is 12.9. The van der Waals surface area contributed by atoms with Crippen LogP contribution in [0.2, 0.25) is 0 Å². The van der Waals surface area contributed by atoms with Crippen LogP contribution in [-0.4, -0.2) is 13.0 Å². The maximum absolute atomic E-state index is 10.5.